The zero-order chi connectivity index (χ0) is 31.1. The van der Waals surface area contributed by atoms with Crippen LogP contribution in [-0.2, 0) is 25.6 Å². The molecule has 2 aliphatic rings. The van der Waals surface area contributed by atoms with Gasteiger partial charge in [-0.15, -0.1) is 0 Å². The summed E-state index contributed by atoms with van der Waals surface area (Å²) in [6.07, 6.45) is 5.91. The van der Waals surface area contributed by atoms with Crippen molar-refractivity contribution in [3.8, 4) is 0 Å². The molecule has 1 saturated carbocycles. The van der Waals surface area contributed by atoms with Gasteiger partial charge in [0.1, 0.15) is 17.6 Å². The molecule has 2 fully saturated rings. The maximum atomic E-state index is 13.8. The van der Waals surface area contributed by atoms with Gasteiger partial charge in [0, 0.05) is 35.8 Å². The van der Waals surface area contributed by atoms with Crippen LogP contribution in [-0.4, -0.2) is 59.1 Å². The van der Waals surface area contributed by atoms with E-state index in [9.17, 15) is 28.4 Å². The third-order valence-electron chi connectivity index (χ3n) is 8.45. The highest BCUT2D eigenvalue weighted by Gasteiger charge is 2.35. The standard InChI is InChI=1S/C33H38FN5O5/c34-23-13-14-25-22(17-23)19-28(37-25)32(43)39-27(16-20-8-3-1-4-9-20)31(42)38-26(18-21-10-7-15-35-30(21)41)29(40)33(44)36-24-11-5-2-6-12-24/h1,3-4,8-9,13-14,17,19,21,24,26-27,37H,2,5-7,10-12,15-16,18H2,(H,35,41)(H,36,44)(H,38,42)(H,39,43)/t21-,26?,27-/m0/s1. The van der Waals surface area contributed by atoms with Crippen LogP contribution >= 0.6 is 0 Å². The molecule has 1 saturated heterocycles. The van der Waals surface area contributed by atoms with E-state index < -0.39 is 47.3 Å². The topological polar surface area (TPSA) is 149 Å². The third kappa shape index (κ3) is 7.89. The molecule has 10 nitrogen and oxygen atoms in total. The average Bonchev–Trinajstić information content (AvgIpc) is 3.45. The quantitative estimate of drug-likeness (QED) is 0.214. The Balaban J connectivity index is 1.36. The number of carbonyl (C=O) groups excluding carboxylic acids is 5. The van der Waals surface area contributed by atoms with Crippen molar-refractivity contribution in [2.24, 2.45) is 5.92 Å². The van der Waals surface area contributed by atoms with Gasteiger partial charge in [0.15, 0.2) is 0 Å². The number of aromatic nitrogens is 1. The molecule has 5 rings (SSSR count). The Labute approximate surface area is 254 Å². The fraction of sp³-hybridized carbons (Fsp3) is 0.424. The smallest absolute Gasteiger partial charge is 0.289 e. The Morgan fingerprint density at radius 1 is 0.886 bits per heavy atom. The number of piperidine rings is 1. The number of H-pyrrole nitrogens is 1. The largest absolute Gasteiger partial charge is 0.356 e. The molecule has 44 heavy (non-hydrogen) atoms. The van der Waals surface area contributed by atoms with Crippen LogP contribution in [0.2, 0.25) is 0 Å². The number of Topliss-reactive ketones (excluding diaryl/α,β-unsaturated/α-hetero) is 1. The predicted molar refractivity (Wildman–Crippen MR) is 162 cm³/mol. The molecule has 3 aromatic rings. The number of nitrogens with one attached hydrogen (secondary N) is 5. The molecule has 1 aliphatic carbocycles. The van der Waals surface area contributed by atoms with Gasteiger partial charge in [-0.2, -0.15) is 0 Å². The summed E-state index contributed by atoms with van der Waals surface area (Å²) in [5.74, 6) is -4.07. The fourth-order valence-corrected chi connectivity index (χ4v) is 6.03. The van der Waals surface area contributed by atoms with Crippen LogP contribution in [0.5, 0.6) is 0 Å². The van der Waals surface area contributed by atoms with Crippen LogP contribution in [0.4, 0.5) is 4.39 Å². The number of carbonyl (C=O) groups is 5. The van der Waals surface area contributed by atoms with Crippen molar-refractivity contribution in [3.05, 3.63) is 71.7 Å². The van der Waals surface area contributed by atoms with Crippen molar-refractivity contribution >= 4 is 40.3 Å². The van der Waals surface area contributed by atoms with Crippen molar-refractivity contribution in [1.29, 1.82) is 0 Å². The molecule has 2 aromatic carbocycles. The first-order chi connectivity index (χ1) is 21.3. The number of fused-ring (bicyclic) bond motifs is 1. The normalized spacial score (nSPS) is 18.6. The lowest BCUT2D eigenvalue weighted by molar-refractivity contribution is -0.141. The van der Waals surface area contributed by atoms with Crippen LogP contribution < -0.4 is 21.3 Å². The first-order valence-electron chi connectivity index (χ1n) is 15.3. The van der Waals surface area contributed by atoms with Gasteiger partial charge in [-0.3, -0.25) is 24.0 Å². The van der Waals surface area contributed by atoms with E-state index in [-0.39, 0.29) is 30.5 Å². The summed E-state index contributed by atoms with van der Waals surface area (Å²) in [4.78, 5) is 69.2. The van der Waals surface area contributed by atoms with Crippen molar-refractivity contribution in [1.82, 2.24) is 26.3 Å². The second-order valence-corrected chi connectivity index (χ2v) is 11.7. The first-order valence-corrected chi connectivity index (χ1v) is 15.3. The molecule has 232 valence electrons. The average molecular weight is 604 g/mol. The summed E-state index contributed by atoms with van der Waals surface area (Å²) in [6, 6.07) is 12.2. The van der Waals surface area contributed by atoms with E-state index in [0.29, 0.717) is 23.9 Å². The van der Waals surface area contributed by atoms with Crippen molar-refractivity contribution < 1.29 is 28.4 Å². The molecular weight excluding hydrogens is 565 g/mol. The molecule has 1 unspecified atom stereocenters. The molecule has 1 aliphatic heterocycles. The molecule has 0 bridgehead atoms. The van der Waals surface area contributed by atoms with E-state index in [0.717, 1.165) is 44.1 Å². The molecule has 0 radical (unpaired) electrons. The molecule has 4 amide bonds. The summed E-state index contributed by atoms with van der Waals surface area (Å²) in [7, 11) is 0. The zero-order valence-electron chi connectivity index (χ0n) is 24.5. The highest BCUT2D eigenvalue weighted by Crippen LogP contribution is 2.21. The number of rotatable bonds is 11. The van der Waals surface area contributed by atoms with Gasteiger partial charge in [0.2, 0.25) is 17.6 Å². The maximum absolute atomic E-state index is 13.8. The third-order valence-corrected chi connectivity index (χ3v) is 8.45. The van der Waals surface area contributed by atoms with Gasteiger partial charge in [-0.1, -0.05) is 49.6 Å². The molecule has 11 heteroatoms. The maximum Gasteiger partial charge on any atom is 0.289 e. The van der Waals surface area contributed by atoms with E-state index in [1.54, 1.807) is 0 Å². The minimum atomic E-state index is -1.26. The second kappa shape index (κ2) is 14.3. The Morgan fingerprint density at radius 2 is 1.66 bits per heavy atom. The number of aromatic amines is 1. The number of hydrogen-bond acceptors (Lipinski definition) is 5. The molecule has 5 N–H and O–H groups in total. The minimum absolute atomic E-state index is 0.0337. The number of benzene rings is 2. The first kappa shape index (κ1) is 30.9. The van der Waals surface area contributed by atoms with E-state index >= 15 is 0 Å². The molecule has 2 heterocycles. The van der Waals surface area contributed by atoms with Gasteiger partial charge in [0.05, 0.1) is 6.04 Å². The highest BCUT2D eigenvalue weighted by atomic mass is 19.1. The molecule has 3 atom stereocenters. The molecule has 0 spiro atoms. The second-order valence-electron chi connectivity index (χ2n) is 11.7. The van der Waals surface area contributed by atoms with Crippen LogP contribution in [0.15, 0.2) is 54.6 Å². The highest BCUT2D eigenvalue weighted by molar-refractivity contribution is 6.38. The lowest BCUT2D eigenvalue weighted by Gasteiger charge is -2.28. The Hall–Kier alpha value is -4.54. The van der Waals surface area contributed by atoms with Crippen molar-refractivity contribution in [2.45, 2.75) is 75.9 Å². The van der Waals surface area contributed by atoms with Gasteiger partial charge < -0.3 is 26.3 Å². The van der Waals surface area contributed by atoms with Crippen LogP contribution in [0, 0.1) is 11.7 Å². The van der Waals surface area contributed by atoms with Gasteiger partial charge >= 0.3 is 0 Å². The summed E-state index contributed by atoms with van der Waals surface area (Å²) in [6.45, 7) is 0.536. The Kier molecular flexibility index (Phi) is 10.0. The van der Waals surface area contributed by atoms with E-state index in [1.807, 2.05) is 30.3 Å². The molecule has 1 aromatic heterocycles. The van der Waals surface area contributed by atoms with E-state index in [2.05, 4.69) is 26.3 Å². The zero-order valence-corrected chi connectivity index (χ0v) is 24.5. The van der Waals surface area contributed by atoms with Gasteiger partial charge in [-0.25, -0.2) is 4.39 Å². The Bertz CT molecular complexity index is 1520. The van der Waals surface area contributed by atoms with Gasteiger partial charge in [-0.05, 0) is 61.9 Å². The summed E-state index contributed by atoms with van der Waals surface area (Å²) in [5.41, 5.74) is 1.45. The minimum Gasteiger partial charge on any atom is -0.356 e. The number of halogens is 1. The number of amides is 4. The molecular formula is C33H38FN5O5. The number of ketones is 1. The fourth-order valence-electron chi connectivity index (χ4n) is 6.03. The Morgan fingerprint density at radius 3 is 2.41 bits per heavy atom. The van der Waals surface area contributed by atoms with Gasteiger partial charge in [0.25, 0.3) is 11.8 Å². The lowest BCUT2D eigenvalue weighted by atomic mass is 9.89. The van der Waals surface area contributed by atoms with Crippen LogP contribution in [0.1, 0.15) is 67.4 Å². The van der Waals surface area contributed by atoms with Crippen LogP contribution in [0.25, 0.3) is 10.9 Å². The van der Waals surface area contributed by atoms with Crippen LogP contribution in [0.3, 0.4) is 0 Å². The number of hydrogen-bond donors (Lipinski definition) is 5. The van der Waals surface area contributed by atoms with Crippen molar-refractivity contribution in [3.63, 3.8) is 0 Å². The van der Waals surface area contributed by atoms with E-state index in [4.69, 9.17) is 0 Å². The summed E-state index contributed by atoms with van der Waals surface area (Å²) < 4.78 is 13.7. The van der Waals surface area contributed by atoms with E-state index in [1.165, 1.54) is 24.3 Å². The van der Waals surface area contributed by atoms with Crippen molar-refractivity contribution in [2.75, 3.05) is 6.54 Å². The monoisotopic (exact) mass is 603 g/mol. The SMILES string of the molecule is O=C(NC1CCCCC1)C(=O)C(C[C@@H]1CCCNC1=O)NC(=O)[C@H](Cc1ccccc1)NC(=O)c1cc2cc(F)ccc2[nH]1. The predicted octanol–water partition coefficient (Wildman–Crippen LogP) is 3.07. The summed E-state index contributed by atoms with van der Waals surface area (Å²) in [5, 5.41) is 11.6. The lowest BCUT2D eigenvalue weighted by Crippen LogP contribution is -2.56. The summed E-state index contributed by atoms with van der Waals surface area (Å²) >= 11 is 0.